The Balaban J connectivity index is 2.15. The van der Waals surface area contributed by atoms with Crippen molar-refractivity contribution >= 4 is 28.9 Å². The van der Waals surface area contributed by atoms with Crippen molar-refractivity contribution in [3.05, 3.63) is 33.7 Å². The van der Waals surface area contributed by atoms with Gasteiger partial charge in [0.15, 0.2) is 0 Å². The first-order chi connectivity index (χ1) is 8.58. The van der Waals surface area contributed by atoms with E-state index >= 15 is 0 Å². The molecule has 0 spiro atoms. The van der Waals surface area contributed by atoms with Crippen molar-refractivity contribution in [3.8, 4) is 0 Å². The molecule has 1 unspecified atom stereocenters. The highest BCUT2D eigenvalue weighted by molar-refractivity contribution is 7.16. The summed E-state index contributed by atoms with van der Waals surface area (Å²) >= 11 is 7.60. The maximum atomic E-state index is 5.99. The average molecular weight is 284 g/mol. The lowest BCUT2D eigenvalue weighted by Crippen LogP contribution is -2.14. The lowest BCUT2D eigenvalue weighted by molar-refractivity contribution is 0.636. The summed E-state index contributed by atoms with van der Waals surface area (Å²) in [6.45, 7) is 7.45. The van der Waals surface area contributed by atoms with Crippen LogP contribution in [0.3, 0.4) is 0 Å². The van der Waals surface area contributed by atoms with Gasteiger partial charge in [-0.3, -0.25) is 0 Å². The molecule has 1 N–H and O–H groups in total. The van der Waals surface area contributed by atoms with Crippen LogP contribution in [0.25, 0.3) is 0 Å². The smallest absolute Gasteiger partial charge is 0.203 e. The average Bonchev–Trinajstić information content (AvgIpc) is 2.93. The molecule has 0 fully saturated rings. The topological polar surface area (TPSA) is 29.9 Å². The molecule has 2 aromatic heterocycles. The maximum Gasteiger partial charge on any atom is 0.203 e. The molecular formula is C13H18ClN3S. The summed E-state index contributed by atoms with van der Waals surface area (Å²) in [5.74, 6) is 1.52. The number of aromatic nitrogens is 2. The second kappa shape index (κ2) is 5.76. The highest BCUT2D eigenvalue weighted by Gasteiger charge is 2.13. The number of nitrogens with zero attached hydrogens (tertiary/aromatic N) is 2. The quantitative estimate of drug-likeness (QED) is 0.888. The molecule has 0 aliphatic rings. The van der Waals surface area contributed by atoms with Gasteiger partial charge in [-0.15, -0.1) is 11.3 Å². The second-order valence-electron chi connectivity index (χ2n) is 4.75. The summed E-state index contributed by atoms with van der Waals surface area (Å²) in [5.41, 5.74) is 0. The molecular weight excluding hydrogens is 266 g/mol. The number of halogens is 1. The molecule has 0 aromatic carbocycles. The number of hydrogen-bond acceptors (Lipinski definition) is 3. The number of imidazole rings is 1. The first kappa shape index (κ1) is 13.4. The zero-order chi connectivity index (χ0) is 13.1. The first-order valence-corrected chi connectivity index (χ1v) is 7.29. The van der Waals surface area contributed by atoms with Crippen LogP contribution in [-0.2, 0) is 0 Å². The van der Waals surface area contributed by atoms with Crippen LogP contribution in [0.4, 0.5) is 5.95 Å². The summed E-state index contributed by atoms with van der Waals surface area (Å²) in [6.07, 6.45) is 3.83. The molecule has 0 amide bonds. The molecule has 0 aliphatic carbocycles. The largest absolute Gasteiger partial charge is 0.355 e. The van der Waals surface area contributed by atoms with Gasteiger partial charge < -0.3 is 9.88 Å². The van der Waals surface area contributed by atoms with Crippen LogP contribution >= 0.6 is 22.9 Å². The third-order valence-corrected chi connectivity index (χ3v) is 4.16. The van der Waals surface area contributed by atoms with Crippen LogP contribution in [0.5, 0.6) is 0 Å². The second-order valence-corrected chi connectivity index (χ2v) is 6.50. The molecule has 0 saturated carbocycles. The number of hydrogen-bond donors (Lipinski definition) is 1. The van der Waals surface area contributed by atoms with E-state index in [1.807, 2.05) is 18.5 Å². The molecule has 3 nitrogen and oxygen atoms in total. The van der Waals surface area contributed by atoms with Gasteiger partial charge in [-0.2, -0.15) is 0 Å². The fourth-order valence-electron chi connectivity index (χ4n) is 1.75. The van der Waals surface area contributed by atoms with Gasteiger partial charge >= 0.3 is 0 Å². The Labute approximate surface area is 117 Å². The van der Waals surface area contributed by atoms with E-state index in [0.29, 0.717) is 5.92 Å². The highest BCUT2D eigenvalue weighted by Crippen LogP contribution is 2.30. The lowest BCUT2D eigenvalue weighted by atomic mass is 10.2. The van der Waals surface area contributed by atoms with E-state index in [1.165, 1.54) is 4.88 Å². The van der Waals surface area contributed by atoms with E-state index in [9.17, 15) is 0 Å². The minimum absolute atomic E-state index is 0.250. The monoisotopic (exact) mass is 283 g/mol. The SMILES string of the molecule is CC(C)CNc1nccn1C(C)c1ccc(Cl)s1. The molecule has 2 heterocycles. The van der Waals surface area contributed by atoms with E-state index in [4.69, 9.17) is 11.6 Å². The van der Waals surface area contributed by atoms with Gasteiger partial charge in [-0.25, -0.2) is 4.98 Å². The van der Waals surface area contributed by atoms with Crippen molar-refractivity contribution < 1.29 is 0 Å². The van der Waals surface area contributed by atoms with E-state index in [0.717, 1.165) is 16.8 Å². The first-order valence-electron chi connectivity index (χ1n) is 6.10. The van der Waals surface area contributed by atoms with E-state index in [2.05, 4.69) is 41.7 Å². The Morgan fingerprint density at radius 1 is 1.39 bits per heavy atom. The maximum absolute atomic E-state index is 5.99. The van der Waals surface area contributed by atoms with Gasteiger partial charge in [0, 0.05) is 23.8 Å². The van der Waals surface area contributed by atoms with Gasteiger partial charge in [-0.05, 0) is 25.0 Å². The van der Waals surface area contributed by atoms with Crippen LogP contribution < -0.4 is 5.32 Å². The van der Waals surface area contributed by atoms with Gasteiger partial charge in [-0.1, -0.05) is 25.4 Å². The van der Waals surface area contributed by atoms with Gasteiger partial charge in [0.05, 0.1) is 10.4 Å². The zero-order valence-corrected chi connectivity index (χ0v) is 12.4. The predicted molar refractivity (Wildman–Crippen MR) is 78.7 cm³/mol. The van der Waals surface area contributed by atoms with Crippen LogP contribution in [0.1, 0.15) is 31.7 Å². The minimum atomic E-state index is 0.250. The van der Waals surface area contributed by atoms with Gasteiger partial charge in [0.25, 0.3) is 0 Å². The summed E-state index contributed by atoms with van der Waals surface area (Å²) in [5, 5.41) is 3.37. The van der Waals surface area contributed by atoms with Gasteiger partial charge in [0.1, 0.15) is 0 Å². The number of anilines is 1. The standard InChI is InChI=1S/C13H18ClN3S/c1-9(2)8-16-13-15-6-7-17(13)10(3)11-4-5-12(14)18-11/h4-7,9-10H,8H2,1-3H3,(H,15,16). The van der Waals surface area contributed by atoms with Crippen molar-refractivity contribution in [2.75, 3.05) is 11.9 Å². The third kappa shape index (κ3) is 3.06. The van der Waals surface area contributed by atoms with Gasteiger partial charge in [0.2, 0.25) is 5.95 Å². The van der Waals surface area contributed by atoms with E-state index < -0.39 is 0 Å². The molecule has 0 saturated heterocycles. The Morgan fingerprint density at radius 3 is 2.78 bits per heavy atom. The lowest BCUT2D eigenvalue weighted by Gasteiger charge is -2.16. The van der Waals surface area contributed by atoms with Crippen LogP contribution in [0.15, 0.2) is 24.5 Å². The summed E-state index contributed by atoms with van der Waals surface area (Å²) in [6, 6.07) is 4.26. The summed E-state index contributed by atoms with van der Waals surface area (Å²) in [7, 11) is 0. The number of thiophene rings is 1. The fraction of sp³-hybridized carbons (Fsp3) is 0.462. The minimum Gasteiger partial charge on any atom is -0.355 e. The van der Waals surface area contributed by atoms with Crippen molar-refractivity contribution in [1.82, 2.24) is 9.55 Å². The highest BCUT2D eigenvalue weighted by atomic mass is 35.5. The molecule has 18 heavy (non-hydrogen) atoms. The van der Waals surface area contributed by atoms with Crippen molar-refractivity contribution in [2.45, 2.75) is 26.8 Å². The molecule has 2 aromatic rings. The Morgan fingerprint density at radius 2 is 2.17 bits per heavy atom. The molecule has 98 valence electrons. The number of rotatable bonds is 5. The molecule has 0 aliphatic heterocycles. The zero-order valence-electron chi connectivity index (χ0n) is 10.9. The van der Waals surface area contributed by atoms with Crippen molar-refractivity contribution in [3.63, 3.8) is 0 Å². The fourth-order valence-corrected chi connectivity index (χ4v) is 2.86. The number of nitrogens with one attached hydrogen (secondary N) is 1. The third-order valence-electron chi connectivity index (χ3n) is 2.76. The van der Waals surface area contributed by atoms with Crippen LogP contribution in [-0.4, -0.2) is 16.1 Å². The normalized spacial score (nSPS) is 12.9. The van der Waals surface area contributed by atoms with E-state index in [1.54, 1.807) is 11.3 Å². The molecule has 0 bridgehead atoms. The van der Waals surface area contributed by atoms with Crippen molar-refractivity contribution in [1.29, 1.82) is 0 Å². The molecule has 1 atom stereocenters. The van der Waals surface area contributed by atoms with Crippen molar-refractivity contribution in [2.24, 2.45) is 5.92 Å². The molecule has 0 radical (unpaired) electrons. The Bertz CT molecular complexity index is 504. The van der Waals surface area contributed by atoms with Crippen LogP contribution in [0, 0.1) is 5.92 Å². The van der Waals surface area contributed by atoms with E-state index in [-0.39, 0.29) is 6.04 Å². The predicted octanol–water partition coefficient (Wildman–Crippen LogP) is 4.28. The molecule has 2 rings (SSSR count). The Kier molecular flexibility index (Phi) is 4.30. The summed E-state index contributed by atoms with van der Waals surface area (Å²) < 4.78 is 2.97. The van der Waals surface area contributed by atoms with Crippen LogP contribution in [0.2, 0.25) is 4.34 Å². The molecule has 5 heteroatoms. The summed E-state index contributed by atoms with van der Waals surface area (Å²) in [4.78, 5) is 5.61. The Hall–Kier alpha value is -1.000.